The van der Waals surface area contributed by atoms with Crippen molar-refractivity contribution in [2.75, 3.05) is 25.4 Å². The molecule has 20 heavy (non-hydrogen) atoms. The van der Waals surface area contributed by atoms with Gasteiger partial charge in [-0.2, -0.15) is 11.8 Å². The van der Waals surface area contributed by atoms with E-state index in [0.29, 0.717) is 10.3 Å². The number of piperazine rings is 1. The van der Waals surface area contributed by atoms with E-state index in [1.807, 2.05) is 0 Å². The van der Waals surface area contributed by atoms with Gasteiger partial charge in [-0.05, 0) is 57.1 Å². The molecule has 0 amide bonds. The van der Waals surface area contributed by atoms with E-state index in [4.69, 9.17) is 0 Å². The zero-order valence-corrected chi connectivity index (χ0v) is 14.6. The molecule has 0 aromatic heterocycles. The lowest BCUT2D eigenvalue weighted by molar-refractivity contribution is 0.0457. The first-order valence-corrected chi connectivity index (χ1v) is 9.53. The van der Waals surface area contributed by atoms with Gasteiger partial charge in [-0.3, -0.25) is 4.90 Å². The summed E-state index contributed by atoms with van der Waals surface area (Å²) >= 11 is 2.21. The summed E-state index contributed by atoms with van der Waals surface area (Å²) in [5.74, 6) is 3.05. The van der Waals surface area contributed by atoms with Crippen molar-refractivity contribution in [1.82, 2.24) is 10.2 Å². The number of thioether (sulfide) groups is 1. The first kappa shape index (κ1) is 15.2. The Kier molecular flexibility index (Phi) is 4.16. The number of nitrogens with zero attached hydrogens (tertiary/aromatic N) is 1. The minimum atomic E-state index is 0.380. The van der Waals surface area contributed by atoms with E-state index in [0.717, 1.165) is 17.9 Å². The van der Waals surface area contributed by atoms with Crippen LogP contribution in [0.5, 0.6) is 0 Å². The number of hydrogen-bond donors (Lipinski definition) is 1. The molecule has 1 aliphatic carbocycles. The third kappa shape index (κ3) is 3.05. The van der Waals surface area contributed by atoms with Gasteiger partial charge in [0.05, 0.1) is 0 Å². The van der Waals surface area contributed by atoms with Crippen LogP contribution in [0, 0.1) is 11.8 Å². The fourth-order valence-electron chi connectivity index (χ4n) is 4.28. The molecule has 3 unspecified atom stereocenters. The van der Waals surface area contributed by atoms with E-state index in [1.54, 1.807) is 0 Å². The topological polar surface area (TPSA) is 15.3 Å². The number of hydrogen-bond acceptors (Lipinski definition) is 3. The molecule has 2 heterocycles. The molecule has 2 aliphatic heterocycles. The van der Waals surface area contributed by atoms with Crippen molar-refractivity contribution in [3.05, 3.63) is 0 Å². The maximum absolute atomic E-state index is 3.91. The maximum Gasteiger partial charge on any atom is 0.0309 e. The normalized spacial score (nSPS) is 43.4. The van der Waals surface area contributed by atoms with Crippen molar-refractivity contribution in [1.29, 1.82) is 0 Å². The minimum absolute atomic E-state index is 0.380. The zero-order chi connectivity index (χ0) is 14.4. The zero-order valence-electron chi connectivity index (χ0n) is 13.7. The standard InChI is InChI=1S/C17H32N2S/c1-13(2)15-10-18-17(4,14-6-7-14)12-19(15)11-16(3)8-5-9-20-16/h13-15,18H,5-12H2,1-4H3. The van der Waals surface area contributed by atoms with Gasteiger partial charge < -0.3 is 5.32 Å². The molecule has 3 atom stereocenters. The van der Waals surface area contributed by atoms with E-state index < -0.39 is 0 Å². The van der Waals surface area contributed by atoms with Crippen molar-refractivity contribution in [2.24, 2.45) is 11.8 Å². The fraction of sp³-hybridized carbons (Fsp3) is 1.00. The molecule has 0 aromatic rings. The Morgan fingerprint density at radius 1 is 1.30 bits per heavy atom. The quantitative estimate of drug-likeness (QED) is 0.856. The molecule has 0 spiro atoms. The second kappa shape index (κ2) is 5.48. The molecule has 0 bridgehead atoms. The van der Waals surface area contributed by atoms with Crippen molar-refractivity contribution in [3.8, 4) is 0 Å². The van der Waals surface area contributed by atoms with Crippen LogP contribution in [0.1, 0.15) is 53.4 Å². The predicted molar refractivity (Wildman–Crippen MR) is 89.4 cm³/mol. The van der Waals surface area contributed by atoms with Gasteiger partial charge in [0.25, 0.3) is 0 Å². The summed E-state index contributed by atoms with van der Waals surface area (Å²) in [4.78, 5) is 2.85. The van der Waals surface area contributed by atoms with Gasteiger partial charge in [-0.1, -0.05) is 13.8 Å². The van der Waals surface area contributed by atoms with Gasteiger partial charge in [0.15, 0.2) is 0 Å². The van der Waals surface area contributed by atoms with Crippen LogP contribution in [0.3, 0.4) is 0 Å². The molecular formula is C17H32N2S. The molecule has 1 N–H and O–H groups in total. The summed E-state index contributed by atoms with van der Waals surface area (Å²) in [5.41, 5.74) is 0.380. The van der Waals surface area contributed by atoms with Gasteiger partial charge in [0, 0.05) is 36.0 Å². The molecule has 3 aliphatic rings. The van der Waals surface area contributed by atoms with E-state index in [2.05, 4.69) is 49.7 Å². The molecule has 3 rings (SSSR count). The third-order valence-corrected chi connectivity index (χ3v) is 7.32. The Balaban J connectivity index is 1.71. The molecule has 3 fully saturated rings. The van der Waals surface area contributed by atoms with Crippen LogP contribution in [0.15, 0.2) is 0 Å². The summed E-state index contributed by atoms with van der Waals surface area (Å²) in [6, 6.07) is 0.722. The highest BCUT2D eigenvalue weighted by Crippen LogP contribution is 2.44. The molecule has 2 saturated heterocycles. The van der Waals surface area contributed by atoms with Crippen LogP contribution in [0.2, 0.25) is 0 Å². The van der Waals surface area contributed by atoms with Crippen LogP contribution in [0.25, 0.3) is 0 Å². The van der Waals surface area contributed by atoms with E-state index >= 15 is 0 Å². The lowest BCUT2D eigenvalue weighted by Crippen LogP contribution is -2.66. The average molecular weight is 297 g/mol. The molecule has 3 heteroatoms. The summed E-state index contributed by atoms with van der Waals surface area (Å²) in [5, 5.41) is 3.91. The Morgan fingerprint density at radius 2 is 2.05 bits per heavy atom. The third-order valence-electron chi connectivity index (χ3n) is 5.80. The van der Waals surface area contributed by atoms with E-state index in [9.17, 15) is 0 Å². The van der Waals surface area contributed by atoms with Crippen molar-refractivity contribution < 1.29 is 0 Å². The highest BCUT2D eigenvalue weighted by Gasteiger charge is 2.47. The van der Waals surface area contributed by atoms with E-state index in [1.165, 1.54) is 51.1 Å². The maximum atomic E-state index is 3.91. The smallest absolute Gasteiger partial charge is 0.0309 e. The molecule has 1 saturated carbocycles. The van der Waals surface area contributed by atoms with Crippen LogP contribution in [0.4, 0.5) is 0 Å². The minimum Gasteiger partial charge on any atom is -0.308 e. The predicted octanol–water partition coefficient (Wildman–Crippen LogP) is 3.37. The van der Waals surface area contributed by atoms with Gasteiger partial charge >= 0.3 is 0 Å². The Hall–Kier alpha value is 0.270. The van der Waals surface area contributed by atoms with Crippen LogP contribution >= 0.6 is 11.8 Å². The molecule has 0 aromatic carbocycles. The van der Waals surface area contributed by atoms with Gasteiger partial charge in [0.2, 0.25) is 0 Å². The van der Waals surface area contributed by atoms with E-state index in [-0.39, 0.29) is 0 Å². The Bertz CT molecular complexity index is 345. The van der Waals surface area contributed by atoms with Crippen LogP contribution in [-0.4, -0.2) is 46.6 Å². The fourth-order valence-corrected chi connectivity index (χ4v) is 5.60. The van der Waals surface area contributed by atoms with Crippen molar-refractivity contribution in [2.45, 2.75) is 69.7 Å². The van der Waals surface area contributed by atoms with Crippen molar-refractivity contribution in [3.63, 3.8) is 0 Å². The largest absolute Gasteiger partial charge is 0.308 e. The SMILES string of the molecule is CC(C)C1CNC(C)(C2CC2)CN1CC1(C)CCCS1. The molecular weight excluding hydrogens is 264 g/mol. The Labute approximate surface area is 129 Å². The first-order valence-electron chi connectivity index (χ1n) is 8.55. The second-order valence-electron chi connectivity index (χ2n) is 8.19. The molecule has 116 valence electrons. The molecule has 2 nitrogen and oxygen atoms in total. The second-order valence-corrected chi connectivity index (χ2v) is 9.87. The Morgan fingerprint density at radius 3 is 2.60 bits per heavy atom. The van der Waals surface area contributed by atoms with Gasteiger partial charge in [-0.25, -0.2) is 0 Å². The van der Waals surface area contributed by atoms with Crippen LogP contribution < -0.4 is 5.32 Å². The van der Waals surface area contributed by atoms with Gasteiger partial charge in [-0.15, -0.1) is 0 Å². The lowest BCUT2D eigenvalue weighted by atomic mass is 9.87. The highest BCUT2D eigenvalue weighted by molar-refractivity contribution is 8.00. The highest BCUT2D eigenvalue weighted by atomic mass is 32.2. The summed E-state index contributed by atoms with van der Waals surface area (Å²) < 4.78 is 0.509. The van der Waals surface area contributed by atoms with Crippen molar-refractivity contribution >= 4 is 11.8 Å². The lowest BCUT2D eigenvalue weighted by Gasteiger charge is -2.50. The average Bonchev–Trinajstić information content (AvgIpc) is 3.14. The summed E-state index contributed by atoms with van der Waals surface area (Å²) in [6.07, 6.45) is 5.71. The first-order chi connectivity index (χ1) is 9.42. The number of nitrogens with one attached hydrogen (secondary N) is 1. The summed E-state index contributed by atoms with van der Waals surface area (Å²) in [7, 11) is 0. The molecule has 0 radical (unpaired) electrons. The number of rotatable bonds is 4. The monoisotopic (exact) mass is 296 g/mol. The summed E-state index contributed by atoms with van der Waals surface area (Å²) in [6.45, 7) is 13.5. The van der Waals surface area contributed by atoms with Crippen LogP contribution in [-0.2, 0) is 0 Å². The van der Waals surface area contributed by atoms with Gasteiger partial charge in [0.1, 0.15) is 0 Å².